The van der Waals surface area contributed by atoms with Gasteiger partial charge in [0.25, 0.3) is 5.24 Å². The van der Waals surface area contributed by atoms with E-state index in [2.05, 4.69) is 19.1 Å². The molecule has 0 bridgehead atoms. The Morgan fingerprint density at radius 1 is 1.12 bits per heavy atom. The zero-order chi connectivity index (χ0) is 11.6. The predicted molar refractivity (Wildman–Crippen MR) is 67.1 cm³/mol. The largest absolute Gasteiger partial charge is 0.276 e. The topological polar surface area (TPSA) is 17.1 Å². The molecular weight excluding hydrogens is 220 g/mol. The summed E-state index contributed by atoms with van der Waals surface area (Å²) >= 11 is 5.44. The molecule has 1 aliphatic rings. The monoisotopic (exact) mass is 236 g/mol. The molecule has 0 saturated heterocycles. The Morgan fingerprint density at radius 3 is 2.19 bits per heavy atom. The van der Waals surface area contributed by atoms with Crippen molar-refractivity contribution in [3.05, 3.63) is 35.4 Å². The van der Waals surface area contributed by atoms with E-state index in [9.17, 15) is 4.79 Å². The van der Waals surface area contributed by atoms with E-state index < -0.39 is 0 Å². The van der Waals surface area contributed by atoms with Crippen LogP contribution in [0.2, 0.25) is 0 Å². The molecule has 0 radical (unpaired) electrons. The third kappa shape index (κ3) is 2.30. The summed E-state index contributed by atoms with van der Waals surface area (Å²) in [7, 11) is 0. The van der Waals surface area contributed by atoms with Crippen LogP contribution < -0.4 is 0 Å². The Bertz CT molecular complexity index is 374. The van der Waals surface area contributed by atoms with Gasteiger partial charge in [0, 0.05) is 5.56 Å². The maximum atomic E-state index is 11.0. The number of carbonyl (C=O) groups excluding carboxylic acids is 1. The smallest absolute Gasteiger partial charge is 0.252 e. The van der Waals surface area contributed by atoms with Gasteiger partial charge in [0.2, 0.25) is 0 Å². The molecule has 0 unspecified atom stereocenters. The van der Waals surface area contributed by atoms with Gasteiger partial charge in [0.1, 0.15) is 0 Å². The van der Waals surface area contributed by atoms with E-state index in [-0.39, 0.29) is 5.24 Å². The van der Waals surface area contributed by atoms with Crippen LogP contribution in [0.15, 0.2) is 24.3 Å². The standard InChI is InChI=1S/C14H17ClO/c1-14(9-3-2-4-10-14)12-7-5-11(6-8-12)13(15)16/h5-8H,2-4,9-10H2,1H3. The van der Waals surface area contributed by atoms with Crippen LogP contribution in [0.4, 0.5) is 0 Å². The SMILES string of the molecule is CC1(c2ccc(C(=O)Cl)cc2)CCCCC1. The molecular formula is C14H17ClO. The fourth-order valence-corrected chi connectivity index (χ4v) is 2.75. The highest BCUT2D eigenvalue weighted by atomic mass is 35.5. The molecule has 1 aliphatic carbocycles. The van der Waals surface area contributed by atoms with E-state index in [0.717, 1.165) is 0 Å². The van der Waals surface area contributed by atoms with Crippen LogP contribution in [-0.4, -0.2) is 5.24 Å². The molecule has 1 aromatic rings. The average molecular weight is 237 g/mol. The first kappa shape index (κ1) is 11.7. The number of hydrogen-bond donors (Lipinski definition) is 0. The van der Waals surface area contributed by atoms with E-state index in [0.29, 0.717) is 11.0 Å². The lowest BCUT2D eigenvalue weighted by molar-refractivity contribution is 0.108. The Labute approximate surface area is 102 Å². The summed E-state index contributed by atoms with van der Waals surface area (Å²) in [5.74, 6) is 0. The number of halogens is 1. The zero-order valence-corrected chi connectivity index (χ0v) is 10.4. The molecule has 0 amide bonds. The lowest BCUT2D eigenvalue weighted by Gasteiger charge is -2.34. The van der Waals surface area contributed by atoms with Crippen molar-refractivity contribution in [1.29, 1.82) is 0 Å². The minimum Gasteiger partial charge on any atom is -0.276 e. The highest BCUT2D eigenvalue weighted by molar-refractivity contribution is 6.67. The molecule has 16 heavy (non-hydrogen) atoms. The van der Waals surface area contributed by atoms with Gasteiger partial charge in [-0.05, 0) is 47.6 Å². The lowest BCUT2D eigenvalue weighted by atomic mass is 9.71. The van der Waals surface area contributed by atoms with Crippen molar-refractivity contribution in [2.75, 3.05) is 0 Å². The normalized spacial score (nSPS) is 19.4. The minimum absolute atomic E-state index is 0.298. The Kier molecular flexibility index (Phi) is 3.34. The predicted octanol–water partition coefficient (Wildman–Crippen LogP) is 4.29. The number of rotatable bonds is 2. The molecule has 86 valence electrons. The summed E-state index contributed by atoms with van der Waals surface area (Å²) in [4.78, 5) is 11.0. The van der Waals surface area contributed by atoms with Crippen molar-refractivity contribution in [2.45, 2.75) is 44.4 Å². The molecule has 0 aromatic heterocycles. The van der Waals surface area contributed by atoms with Crippen LogP contribution in [0.3, 0.4) is 0 Å². The Hall–Kier alpha value is -0.820. The Balaban J connectivity index is 2.23. The van der Waals surface area contributed by atoms with Crippen molar-refractivity contribution in [1.82, 2.24) is 0 Å². The summed E-state index contributed by atoms with van der Waals surface area (Å²) in [5.41, 5.74) is 2.23. The van der Waals surface area contributed by atoms with Gasteiger partial charge in [-0.2, -0.15) is 0 Å². The Morgan fingerprint density at radius 2 is 1.69 bits per heavy atom. The molecule has 1 saturated carbocycles. The second kappa shape index (κ2) is 4.58. The van der Waals surface area contributed by atoms with E-state index in [1.54, 1.807) is 0 Å². The highest BCUT2D eigenvalue weighted by Crippen LogP contribution is 2.38. The van der Waals surface area contributed by atoms with E-state index in [4.69, 9.17) is 11.6 Å². The summed E-state index contributed by atoms with van der Waals surface area (Å²) in [6.07, 6.45) is 6.48. The van der Waals surface area contributed by atoms with Crippen LogP contribution in [-0.2, 0) is 5.41 Å². The van der Waals surface area contributed by atoms with Gasteiger partial charge < -0.3 is 0 Å². The van der Waals surface area contributed by atoms with Gasteiger partial charge in [0.15, 0.2) is 0 Å². The van der Waals surface area contributed by atoms with Crippen LogP contribution >= 0.6 is 11.6 Å². The van der Waals surface area contributed by atoms with Gasteiger partial charge in [-0.15, -0.1) is 0 Å². The number of hydrogen-bond acceptors (Lipinski definition) is 1. The molecule has 1 nitrogen and oxygen atoms in total. The van der Waals surface area contributed by atoms with Gasteiger partial charge in [0.05, 0.1) is 0 Å². The molecule has 1 fully saturated rings. The second-order valence-corrected chi connectivity index (χ2v) is 5.32. The maximum Gasteiger partial charge on any atom is 0.252 e. The van der Waals surface area contributed by atoms with E-state index in [1.807, 2.05) is 12.1 Å². The lowest BCUT2D eigenvalue weighted by Crippen LogP contribution is -2.24. The van der Waals surface area contributed by atoms with Crippen LogP contribution in [0, 0.1) is 0 Å². The summed E-state index contributed by atoms with van der Waals surface area (Å²) in [5, 5.41) is -0.375. The first-order valence-corrected chi connectivity index (χ1v) is 6.30. The summed E-state index contributed by atoms with van der Waals surface area (Å²) < 4.78 is 0. The molecule has 0 N–H and O–H groups in total. The second-order valence-electron chi connectivity index (χ2n) is 4.97. The zero-order valence-electron chi connectivity index (χ0n) is 9.63. The third-order valence-corrected chi connectivity index (χ3v) is 3.98. The molecule has 0 heterocycles. The highest BCUT2D eigenvalue weighted by Gasteiger charge is 2.28. The minimum atomic E-state index is -0.375. The van der Waals surface area contributed by atoms with Crippen molar-refractivity contribution >= 4 is 16.8 Å². The van der Waals surface area contributed by atoms with Crippen LogP contribution in [0.25, 0.3) is 0 Å². The first-order chi connectivity index (χ1) is 7.62. The van der Waals surface area contributed by atoms with Gasteiger partial charge >= 0.3 is 0 Å². The van der Waals surface area contributed by atoms with Crippen molar-refractivity contribution in [2.24, 2.45) is 0 Å². The van der Waals surface area contributed by atoms with E-state index >= 15 is 0 Å². The average Bonchev–Trinajstić information content (AvgIpc) is 2.30. The molecule has 2 rings (SSSR count). The molecule has 0 spiro atoms. The fraction of sp³-hybridized carbons (Fsp3) is 0.500. The molecule has 0 aliphatic heterocycles. The summed E-state index contributed by atoms with van der Waals surface area (Å²) in [6, 6.07) is 7.79. The van der Waals surface area contributed by atoms with Crippen molar-refractivity contribution in [3.63, 3.8) is 0 Å². The van der Waals surface area contributed by atoms with E-state index in [1.165, 1.54) is 37.7 Å². The van der Waals surface area contributed by atoms with Gasteiger partial charge in [-0.25, -0.2) is 0 Å². The van der Waals surface area contributed by atoms with Crippen molar-refractivity contribution in [3.8, 4) is 0 Å². The maximum absolute atomic E-state index is 11.0. The van der Waals surface area contributed by atoms with Crippen LogP contribution in [0.1, 0.15) is 54.9 Å². The summed E-state index contributed by atoms with van der Waals surface area (Å²) in [6.45, 7) is 2.32. The number of benzene rings is 1. The molecule has 0 atom stereocenters. The van der Waals surface area contributed by atoms with Gasteiger partial charge in [-0.1, -0.05) is 38.3 Å². The van der Waals surface area contributed by atoms with Crippen molar-refractivity contribution < 1.29 is 4.79 Å². The quantitative estimate of drug-likeness (QED) is 0.701. The first-order valence-electron chi connectivity index (χ1n) is 5.92. The molecule has 1 aromatic carbocycles. The molecule has 2 heteroatoms. The van der Waals surface area contributed by atoms with Crippen LogP contribution in [0.5, 0.6) is 0 Å². The third-order valence-electron chi connectivity index (χ3n) is 3.77. The fourth-order valence-electron chi connectivity index (χ4n) is 2.62. The number of carbonyl (C=O) groups is 1. The van der Waals surface area contributed by atoms with Gasteiger partial charge in [-0.3, -0.25) is 4.79 Å².